The van der Waals surface area contributed by atoms with Gasteiger partial charge in [0.25, 0.3) is 0 Å². The van der Waals surface area contributed by atoms with Crippen LogP contribution in [0.1, 0.15) is 37.8 Å². The molecular formula is C22H23ClN2O2S. The van der Waals surface area contributed by atoms with Crippen LogP contribution in [-0.2, 0) is 21.5 Å². The Morgan fingerprint density at radius 1 is 1.14 bits per heavy atom. The summed E-state index contributed by atoms with van der Waals surface area (Å²) in [6.45, 7) is 5.88. The van der Waals surface area contributed by atoms with Gasteiger partial charge in [-0.2, -0.15) is 0 Å². The average molecular weight is 415 g/mol. The van der Waals surface area contributed by atoms with E-state index in [1.807, 2.05) is 62.4 Å². The predicted molar refractivity (Wildman–Crippen MR) is 115 cm³/mol. The number of rotatable bonds is 7. The Balaban J connectivity index is 1.93. The van der Waals surface area contributed by atoms with Crippen LogP contribution >= 0.6 is 22.9 Å². The lowest BCUT2D eigenvalue weighted by Crippen LogP contribution is -2.47. The van der Waals surface area contributed by atoms with E-state index < -0.39 is 5.54 Å². The second-order valence-corrected chi connectivity index (χ2v) is 8.82. The largest absolute Gasteiger partial charge is 0.330 e. The summed E-state index contributed by atoms with van der Waals surface area (Å²) in [6.07, 6.45) is 0.611. The molecule has 4 nitrogen and oxygen atoms in total. The van der Waals surface area contributed by atoms with Crippen molar-refractivity contribution in [1.29, 1.82) is 0 Å². The molecule has 0 saturated carbocycles. The fourth-order valence-corrected chi connectivity index (χ4v) is 4.35. The third kappa shape index (κ3) is 4.59. The molecule has 1 amide bonds. The molecule has 0 unspecified atom stereocenters. The fourth-order valence-electron chi connectivity index (χ4n) is 3.13. The number of fused-ring (bicyclic) bond motifs is 1. The van der Waals surface area contributed by atoms with Crippen LogP contribution in [0.5, 0.6) is 0 Å². The van der Waals surface area contributed by atoms with Crippen LogP contribution in [0.4, 0.5) is 0 Å². The molecular weight excluding hydrogens is 392 g/mol. The van der Waals surface area contributed by atoms with Gasteiger partial charge in [0.1, 0.15) is 10.8 Å². The van der Waals surface area contributed by atoms with Crippen molar-refractivity contribution in [3.05, 3.63) is 64.1 Å². The molecule has 0 atom stereocenters. The van der Waals surface area contributed by atoms with Crippen LogP contribution in [0.25, 0.3) is 10.2 Å². The van der Waals surface area contributed by atoms with Crippen molar-refractivity contribution in [3.63, 3.8) is 0 Å². The molecule has 0 radical (unpaired) electrons. The molecule has 1 heterocycles. The van der Waals surface area contributed by atoms with E-state index >= 15 is 0 Å². The molecule has 3 rings (SSSR count). The Labute approximate surface area is 174 Å². The zero-order chi connectivity index (χ0) is 20.3. The van der Waals surface area contributed by atoms with Crippen LogP contribution in [0.15, 0.2) is 48.5 Å². The van der Waals surface area contributed by atoms with Crippen LogP contribution < -0.4 is 0 Å². The monoisotopic (exact) mass is 414 g/mol. The van der Waals surface area contributed by atoms with Gasteiger partial charge in [-0.05, 0) is 44.5 Å². The van der Waals surface area contributed by atoms with E-state index in [-0.39, 0.29) is 11.7 Å². The highest BCUT2D eigenvalue weighted by Crippen LogP contribution is 2.35. The molecule has 3 aromatic rings. The molecule has 28 heavy (non-hydrogen) atoms. The Morgan fingerprint density at radius 2 is 1.86 bits per heavy atom. The first-order valence-corrected chi connectivity index (χ1v) is 10.4. The molecule has 0 aliphatic carbocycles. The van der Waals surface area contributed by atoms with Gasteiger partial charge in [0.15, 0.2) is 0 Å². The van der Waals surface area contributed by atoms with Gasteiger partial charge in [0, 0.05) is 18.0 Å². The SMILES string of the molecule is CC(=O)CCN(C(=O)Cc1ccccc1)C(C)(C)c1nc2cc(Cl)ccc2s1. The van der Waals surface area contributed by atoms with E-state index in [1.54, 1.807) is 23.2 Å². The van der Waals surface area contributed by atoms with E-state index in [2.05, 4.69) is 0 Å². The van der Waals surface area contributed by atoms with E-state index in [9.17, 15) is 9.59 Å². The van der Waals surface area contributed by atoms with Crippen molar-refractivity contribution < 1.29 is 9.59 Å². The third-order valence-corrected chi connectivity index (χ3v) is 6.32. The molecule has 0 saturated heterocycles. The Morgan fingerprint density at radius 3 is 2.54 bits per heavy atom. The number of thiazole rings is 1. The lowest BCUT2D eigenvalue weighted by atomic mass is 10.0. The second-order valence-electron chi connectivity index (χ2n) is 7.35. The summed E-state index contributed by atoms with van der Waals surface area (Å²) in [5, 5.41) is 1.46. The summed E-state index contributed by atoms with van der Waals surface area (Å²) in [5.41, 5.74) is 1.13. The summed E-state index contributed by atoms with van der Waals surface area (Å²) in [6, 6.07) is 15.3. The minimum Gasteiger partial charge on any atom is -0.330 e. The maximum atomic E-state index is 13.2. The van der Waals surface area contributed by atoms with Gasteiger partial charge in [-0.1, -0.05) is 41.9 Å². The number of Topliss-reactive ketones (excluding diaryl/α,β-unsaturated/α-hetero) is 1. The smallest absolute Gasteiger partial charge is 0.227 e. The Bertz CT molecular complexity index is 998. The highest BCUT2D eigenvalue weighted by molar-refractivity contribution is 7.18. The maximum absolute atomic E-state index is 13.2. The van der Waals surface area contributed by atoms with Crippen molar-refractivity contribution in [2.75, 3.05) is 6.54 Å². The van der Waals surface area contributed by atoms with Crippen LogP contribution in [0.3, 0.4) is 0 Å². The quantitative estimate of drug-likeness (QED) is 0.531. The zero-order valence-corrected chi connectivity index (χ0v) is 17.8. The van der Waals surface area contributed by atoms with E-state index in [0.29, 0.717) is 24.4 Å². The van der Waals surface area contributed by atoms with Gasteiger partial charge in [0.05, 0.1) is 22.2 Å². The summed E-state index contributed by atoms with van der Waals surface area (Å²) < 4.78 is 1.02. The minimum absolute atomic E-state index is 0.0188. The van der Waals surface area contributed by atoms with Crippen molar-refractivity contribution in [1.82, 2.24) is 9.88 Å². The van der Waals surface area contributed by atoms with Gasteiger partial charge < -0.3 is 4.90 Å². The minimum atomic E-state index is -0.641. The first-order valence-electron chi connectivity index (χ1n) is 9.18. The average Bonchev–Trinajstić information content (AvgIpc) is 3.06. The molecule has 2 aromatic carbocycles. The van der Waals surface area contributed by atoms with Crippen LogP contribution in [-0.4, -0.2) is 28.1 Å². The van der Waals surface area contributed by atoms with Gasteiger partial charge in [-0.3, -0.25) is 9.59 Å². The number of halogens is 1. The van der Waals surface area contributed by atoms with Crippen molar-refractivity contribution in [2.24, 2.45) is 0 Å². The fraction of sp³-hybridized carbons (Fsp3) is 0.318. The molecule has 146 valence electrons. The summed E-state index contributed by atoms with van der Waals surface area (Å²) in [5.74, 6) is 0.0409. The maximum Gasteiger partial charge on any atom is 0.227 e. The van der Waals surface area contributed by atoms with E-state index in [0.717, 1.165) is 20.8 Å². The Kier molecular flexibility index (Phi) is 6.16. The third-order valence-electron chi connectivity index (χ3n) is 4.73. The van der Waals surface area contributed by atoms with Gasteiger partial charge in [-0.25, -0.2) is 4.98 Å². The standard InChI is InChI=1S/C22H23ClN2O2S/c1-15(26)11-12-25(20(27)13-16-7-5-4-6-8-16)22(2,3)21-24-18-14-17(23)9-10-19(18)28-21/h4-10,14H,11-13H2,1-3H3. The molecule has 0 bridgehead atoms. The zero-order valence-electron chi connectivity index (χ0n) is 16.2. The molecule has 0 fully saturated rings. The normalized spacial score (nSPS) is 11.6. The lowest BCUT2D eigenvalue weighted by molar-refractivity contribution is -0.136. The predicted octanol–water partition coefficient (Wildman–Crippen LogP) is 5.24. The number of aromatic nitrogens is 1. The topological polar surface area (TPSA) is 50.3 Å². The Hall–Kier alpha value is -2.24. The number of ketones is 1. The van der Waals surface area contributed by atoms with Crippen LogP contribution in [0.2, 0.25) is 5.02 Å². The molecule has 6 heteroatoms. The van der Waals surface area contributed by atoms with Crippen molar-refractivity contribution >= 4 is 44.8 Å². The van der Waals surface area contributed by atoms with Crippen molar-refractivity contribution in [2.45, 2.75) is 39.2 Å². The number of hydrogen-bond acceptors (Lipinski definition) is 4. The van der Waals surface area contributed by atoms with Gasteiger partial charge in [0.2, 0.25) is 5.91 Å². The van der Waals surface area contributed by atoms with Crippen LogP contribution in [0, 0.1) is 0 Å². The molecule has 1 aromatic heterocycles. The first-order chi connectivity index (χ1) is 13.3. The molecule has 0 N–H and O–H groups in total. The number of amides is 1. The number of nitrogens with zero attached hydrogens (tertiary/aromatic N) is 2. The molecule has 0 aliphatic heterocycles. The van der Waals surface area contributed by atoms with Gasteiger partial charge in [-0.15, -0.1) is 11.3 Å². The van der Waals surface area contributed by atoms with E-state index in [4.69, 9.17) is 16.6 Å². The lowest BCUT2D eigenvalue weighted by Gasteiger charge is -2.37. The first kappa shape index (κ1) is 20.5. The number of benzene rings is 2. The number of carbonyl (C=O) groups is 2. The summed E-state index contributed by atoms with van der Waals surface area (Å²) >= 11 is 7.64. The van der Waals surface area contributed by atoms with Crippen molar-refractivity contribution in [3.8, 4) is 0 Å². The van der Waals surface area contributed by atoms with E-state index in [1.165, 1.54) is 0 Å². The highest BCUT2D eigenvalue weighted by Gasteiger charge is 2.35. The number of carbonyl (C=O) groups excluding carboxylic acids is 2. The molecule has 0 spiro atoms. The number of hydrogen-bond donors (Lipinski definition) is 0. The summed E-state index contributed by atoms with van der Waals surface area (Å²) in [7, 11) is 0. The van der Waals surface area contributed by atoms with Gasteiger partial charge >= 0.3 is 0 Å². The summed E-state index contributed by atoms with van der Waals surface area (Å²) in [4.78, 5) is 31.3. The molecule has 0 aliphatic rings. The second kappa shape index (κ2) is 8.41. The highest BCUT2D eigenvalue weighted by atomic mass is 35.5.